The fraction of sp³-hybridized carbons (Fsp3) is 0.500. The van der Waals surface area contributed by atoms with Crippen LogP contribution in [0.5, 0.6) is 0 Å². The second kappa shape index (κ2) is 5.38. The van der Waals surface area contributed by atoms with Crippen molar-refractivity contribution in [3.63, 3.8) is 0 Å². The first-order valence-corrected chi connectivity index (χ1v) is 6.32. The van der Waals surface area contributed by atoms with E-state index in [1.807, 2.05) is 0 Å². The third-order valence-electron chi connectivity index (χ3n) is 3.47. The van der Waals surface area contributed by atoms with Gasteiger partial charge in [-0.15, -0.1) is 0 Å². The predicted octanol–water partition coefficient (Wildman–Crippen LogP) is 3.14. The molecule has 1 aliphatic carbocycles. The molecule has 0 atom stereocenters. The lowest BCUT2D eigenvalue weighted by Gasteiger charge is -2.26. The van der Waals surface area contributed by atoms with E-state index in [0.717, 1.165) is 31.7 Å². The van der Waals surface area contributed by atoms with Crippen LogP contribution in [0.1, 0.15) is 43.0 Å². The number of halogens is 1. The van der Waals surface area contributed by atoms with E-state index in [-0.39, 0.29) is 17.4 Å². The molecule has 4 heteroatoms. The summed E-state index contributed by atoms with van der Waals surface area (Å²) in [6.07, 6.45) is 3.83. The standard InChI is InChI=1S/C14H18FNO2/c1-9-2-5-11(6-3-9)18-14(17)12-8-10(15)4-7-13(12)16/h4,7-9,11H,2-3,5-6,16H2,1H3. The Morgan fingerprint density at radius 3 is 2.67 bits per heavy atom. The van der Waals surface area contributed by atoms with Crippen molar-refractivity contribution in [2.24, 2.45) is 5.92 Å². The molecule has 2 rings (SSSR count). The Bertz CT molecular complexity index is 439. The molecule has 1 aromatic carbocycles. The Labute approximate surface area is 106 Å². The van der Waals surface area contributed by atoms with Crippen LogP contribution in [0.25, 0.3) is 0 Å². The van der Waals surface area contributed by atoms with Gasteiger partial charge in [0.2, 0.25) is 0 Å². The first-order chi connectivity index (χ1) is 8.56. The maximum absolute atomic E-state index is 13.1. The molecule has 1 aliphatic rings. The van der Waals surface area contributed by atoms with Gasteiger partial charge in [0.1, 0.15) is 11.9 Å². The monoisotopic (exact) mass is 251 g/mol. The lowest BCUT2D eigenvalue weighted by Crippen LogP contribution is -2.24. The number of esters is 1. The van der Waals surface area contributed by atoms with Crippen LogP contribution in [0.15, 0.2) is 18.2 Å². The average molecular weight is 251 g/mol. The first kappa shape index (κ1) is 12.9. The van der Waals surface area contributed by atoms with Gasteiger partial charge in [0.15, 0.2) is 0 Å². The summed E-state index contributed by atoms with van der Waals surface area (Å²) in [5, 5.41) is 0. The van der Waals surface area contributed by atoms with Crippen molar-refractivity contribution in [3.8, 4) is 0 Å². The highest BCUT2D eigenvalue weighted by molar-refractivity contribution is 5.95. The summed E-state index contributed by atoms with van der Waals surface area (Å²) in [5.74, 6) is -0.306. The largest absolute Gasteiger partial charge is 0.459 e. The van der Waals surface area contributed by atoms with Crippen LogP contribution in [-0.2, 0) is 4.74 Å². The zero-order valence-electron chi connectivity index (χ0n) is 10.5. The minimum absolute atomic E-state index is 0.0589. The van der Waals surface area contributed by atoms with E-state index >= 15 is 0 Å². The summed E-state index contributed by atoms with van der Waals surface area (Å²) in [5.41, 5.74) is 6.02. The van der Waals surface area contributed by atoms with E-state index < -0.39 is 11.8 Å². The topological polar surface area (TPSA) is 52.3 Å². The van der Waals surface area contributed by atoms with Crippen molar-refractivity contribution >= 4 is 11.7 Å². The molecular formula is C14H18FNO2. The van der Waals surface area contributed by atoms with Crippen molar-refractivity contribution in [3.05, 3.63) is 29.6 Å². The fourth-order valence-corrected chi connectivity index (χ4v) is 2.27. The molecule has 0 aromatic heterocycles. The van der Waals surface area contributed by atoms with Gasteiger partial charge >= 0.3 is 5.97 Å². The van der Waals surface area contributed by atoms with Gasteiger partial charge in [-0.2, -0.15) is 0 Å². The molecule has 0 unspecified atom stereocenters. The molecule has 0 aliphatic heterocycles. The number of carbonyl (C=O) groups is 1. The van der Waals surface area contributed by atoms with Crippen LogP contribution in [-0.4, -0.2) is 12.1 Å². The van der Waals surface area contributed by atoms with Gasteiger partial charge < -0.3 is 10.5 Å². The second-order valence-electron chi connectivity index (χ2n) is 5.02. The zero-order valence-corrected chi connectivity index (χ0v) is 10.5. The smallest absolute Gasteiger partial charge is 0.340 e. The normalized spacial score (nSPS) is 23.7. The number of anilines is 1. The lowest BCUT2D eigenvalue weighted by molar-refractivity contribution is 0.0174. The molecule has 0 bridgehead atoms. The van der Waals surface area contributed by atoms with E-state index in [1.54, 1.807) is 0 Å². The summed E-state index contributed by atoms with van der Waals surface area (Å²) in [4.78, 5) is 11.9. The molecule has 1 fully saturated rings. The Hall–Kier alpha value is -1.58. The minimum Gasteiger partial charge on any atom is -0.459 e. The summed E-state index contributed by atoms with van der Waals surface area (Å²) < 4.78 is 18.4. The van der Waals surface area contributed by atoms with Crippen molar-refractivity contribution < 1.29 is 13.9 Å². The van der Waals surface area contributed by atoms with Gasteiger partial charge in [-0.05, 0) is 49.8 Å². The second-order valence-corrected chi connectivity index (χ2v) is 5.02. The molecule has 0 saturated heterocycles. The van der Waals surface area contributed by atoms with Crippen molar-refractivity contribution in [1.29, 1.82) is 0 Å². The first-order valence-electron chi connectivity index (χ1n) is 6.32. The lowest BCUT2D eigenvalue weighted by atomic mass is 9.89. The molecule has 0 radical (unpaired) electrons. The Balaban J connectivity index is 2.01. The molecule has 98 valence electrons. The van der Waals surface area contributed by atoms with Crippen molar-refractivity contribution in [2.45, 2.75) is 38.7 Å². The van der Waals surface area contributed by atoms with E-state index in [2.05, 4.69) is 6.92 Å². The van der Waals surface area contributed by atoms with E-state index in [0.29, 0.717) is 5.92 Å². The zero-order chi connectivity index (χ0) is 13.1. The highest BCUT2D eigenvalue weighted by Crippen LogP contribution is 2.26. The van der Waals surface area contributed by atoms with Gasteiger partial charge in [-0.3, -0.25) is 0 Å². The number of rotatable bonds is 2. The summed E-state index contributed by atoms with van der Waals surface area (Å²) in [7, 11) is 0. The molecule has 18 heavy (non-hydrogen) atoms. The van der Waals surface area contributed by atoms with Crippen molar-refractivity contribution in [1.82, 2.24) is 0 Å². The van der Waals surface area contributed by atoms with E-state index in [4.69, 9.17) is 10.5 Å². The van der Waals surface area contributed by atoms with Crippen LogP contribution in [0.4, 0.5) is 10.1 Å². The summed E-state index contributed by atoms with van der Waals surface area (Å²) in [6, 6.07) is 3.74. The van der Waals surface area contributed by atoms with Gasteiger partial charge in [0.25, 0.3) is 0 Å². The Kier molecular flexibility index (Phi) is 3.84. The number of benzene rings is 1. The van der Waals surface area contributed by atoms with Gasteiger partial charge in [0.05, 0.1) is 5.56 Å². The highest BCUT2D eigenvalue weighted by Gasteiger charge is 2.23. The SMILES string of the molecule is CC1CCC(OC(=O)c2cc(F)ccc2N)CC1. The van der Waals surface area contributed by atoms with Crippen LogP contribution in [0.3, 0.4) is 0 Å². The summed E-state index contributed by atoms with van der Waals surface area (Å²) in [6.45, 7) is 2.20. The molecule has 1 saturated carbocycles. The molecule has 3 nitrogen and oxygen atoms in total. The Morgan fingerprint density at radius 2 is 2.00 bits per heavy atom. The number of ether oxygens (including phenoxy) is 1. The maximum Gasteiger partial charge on any atom is 0.340 e. The van der Waals surface area contributed by atoms with Crippen LogP contribution in [0.2, 0.25) is 0 Å². The molecule has 0 amide bonds. The average Bonchev–Trinajstić information content (AvgIpc) is 2.35. The third-order valence-corrected chi connectivity index (χ3v) is 3.47. The molecular weight excluding hydrogens is 233 g/mol. The minimum atomic E-state index is -0.522. The molecule has 2 N–H and O–H groups in total. The van der Waals surface area contributed by atoms with Crippen LogP contribution >= 0.6 is 0 Å². The van der Waals surface area contributed by atoms with Crippen LogP contribution < -0.4 is 5.73 Å². The van der Waals surface area contributed by atoms with Gasteiger partial charge in [-0.1, -0.05) is 6.92 Å². The van der Waals surface area contributed by atoms with Gasteiger partial charge in [-0.25, -0.2) is 9.18 Å². The molecule has 0 heterocycles. The highest BCUT2D eigenvalue weighted by atomic mass is 19.1. The van der Waals surface area contributed by atoms with Gasteiger partial charge in [0, 0.05) is 5.69 Å². The predicted molar refractivity (Wildman–Crippen MR) is 67.6 cm³/mol. The molecule has 1 aromatic rings. The number of nitrogens with two attached hydrogens (primary N) is 1. The maximum atomic E-state index is 13.1. The number of nitrogen functional groups attached to an aromatic ring is 1. The number of hydrogen-bond acceptors (Lipinski definition) is 3. The Morgan fingerprint density at radius 1 is 1.33 bits per heavy atom. The molecule has 0 spiro atoms. The summed E-state index contributed by atoms with van der Waals surface area (Å²) >= 11 is 0. The van der Waals surface area contributed by atoms with E-state index in [1.165, 1.54) is 12.1 Å². The third kappa shape index (κ3) is 3.00. The number of carbonyl (C=O) groups excluding carboxylic acids is 1. The number of hydrogen-bond donors (Lipinski definition) is 1. The van der Waals surface area contributed by atoms with Crippen molar-refractivity contribution in [2.75, 3.05) is 5.73 Å². The van der Waals surface area contributed by atoms with Crippen LogP contribution in [0, 0.1) is 11.7 Å². The quantitative estimate of drug-likeness (QED) is 0.649. The fourth-order valence-electron chi connectivity index (χ4n) is 2.27. The van der Waals surface area contributed by atoms with E-state index in [9.17, 15) is 9.18 Å².